The second kappa shape index (κ2) is 8.59. The van der Waals surface area contributed by atoms with E-state index in [0.29, 0.717) is 5.75 Å². The maximum atomic E-state index is 12.9. The van der Waals surface area contributed by atoms with Crippen molar-refractivity contribution in [2.24, 2.45) is 0 Å². The van der Waals surface area contributed by atoms with Gasteiger partial charge in [0.2, 0.25) is 0 Å². The third-order valence-corrected chi connectivity index (χ3v) is 4.62. The van der Waals surface area contributed by atoms with Crippen LogP contribution in [-0.4, -0.2) is 47.0 Å². The van der Waals surface area contributed by atoms with Crippen LogP contribution in [0.2, 0.25) is 0 Å². The van der Waals surface area contributed by atoms with Crippen LogP contribution in [0.3, 0.4) is 0 Å². The number of hydrogen-bond acceptors (Lipinski definition) is 5. The summed E-state index contributed by atoms with van der Waals surface area (Å²) in [5.41, 5.74) is 0.898. The van der Waals surface area contributed by atoms with Gasteiger partial charge in [0.1, 0.15) is 17.2 Å². The summed E-state index contributed by atoms with van der Waals surface area (Å²) >= 11 is 0. The molecule has 0 amide bonds. The van der Waals surface area contributed by atoms with Crippen LogP contribution >= 0.6 is 0 Å². The molecule has 156 valence electrons. The van der Waals surface area contributed by atoms with E-state index >= 15 is 0 Å². The monoisotopic (exact) mass is 400 g/mol. The van der Waals surface area contributed by atoms with E-state index in [9.17, 15) is 9.59 Å². The van der Waals surface area contributed by atoms with E-state index < -0.39 is 24.3 Å². The number of carboxylic acid groups (broad SMARTS) is 1. The van der Waals surface area contributed by atoms with Gasteiger partial charge in [-0.2, -0.15) is 0 Å². The lowest BCUT2D eigenvalue weighted by molar-refractivity contribution is -0.139. The van der Waals surface area contributed by atoms with Crippen molar-refractivity contribution in [1.29, 1.82) is 0 Å². The van der Waals surface area contributed by atoms with E-state index in [4.69, 9.17) is 14.6 Å². The summed E-state index contributed by atoms with van der Waals surface area (Å²) in [5, 5.41) is 8.94. The van der Waals surface area contributed by atoms with Crippen molar-refractivity contribution in [3.8, 4) is 16.9 Å². The second-order valence-corrected chi connectivity index (χ2v) is 8.16. The average Bonchev–Trinajstić information content (AvgIpc) is 3.11. The number of para-hydroxylation sites is 1. The topological polar surface area (TPSA) is 81.0 Å². The molecule has 0 bridgehead atoms. The van der Waals surface area contributed by atoms with E-state index in [2.05, 4.69) is 4.90 Å². The van der Waals surface area contributed by atoms with Crippen LogP contribution in [-0.2, 0) is 9.53 Å². The minimum absolute atomic E-state index is 0.428. The summed E-state index contributed by atoms with van der Waals surface area (Å²) in [4.78, 5) is 26.0. The molecule has 0 spiro atoms. The molecule has 7 nitrogen and oxygen atoms in total. The number of carbonyl (C=O) groups is 2. The summed E-state index contributed by atoms with van der Waals surface area (Å²) in [6, 6.07) is 9.17. The van der Waals surface area contributed by atoms with E-state index in [0.717, 1.165) is 42.9 Å². The fourth-order valence-corrected chi connectivity index (χ4v) is 3.39. The predicted molar refractivity (Wildman–Crippen MR) is 111 cm³/mol. The van der Waals surface area contributed by atoms with Gasteiger partial charge in [0, 0.05) is 30.4 Å². The number of carbonyl (C=O) groups excluding carboxylic acids is 1. The number of ether oxygens (including phenoxy) is 2. The lowest BCUT2D eigenvalue weighted by Crippen LogP contribution is -2.34. The Hall–Kier alpha value is -2.96. The summed E-state index contributed by atoms with van der Waals surface area (Å²) in [7, 11) is 0. The van der Waals surface area contributed by atoms with Gasteiger partial charge >= 0.3 is 12.1 Å². The lowest BCUT2D eigenvalue weighted by Gasteiger charge is -2.29. The largest absolute Gasteiger partial charge is 0.481 e. The number of nitrogens with zero attached hydrogens (tertiary/aromatic N) is 2. The number of benzene rings is 1. The van der Waals surface area contributed by atoms with Gasteiger partial charge in [0.25, 0.3) is 0 Å². The van der Waals surface area contributed by atoms with Crippen LogP contribution in [0.1, 0.15) is 40.0 Å². The van der Waals surface area contributed by atoms with Gasteiger partial charge in [-0.25, -0.2) is 14.2 Å². The molecule has 1 aromatic heterocycles. The molecule has 0 aliphatic carbocycles. The Morgan fingerprint density at radius 1 is 1.10 bits per heavy atom. The number of rotatable bonds is 5. The van der Waals surface area contributed by atoms with E-state index in [1.54, 1.807) is 22.9 Å². The van der Waals surface area contributed by atoms with Crippen LogP contribution in [0.4, 0.5) is 10.6 Å². The number of hydrogen-bond donors (Lipinski definition) is 1. The molecule has 3 rings (SSSR count). The summed E-state index contributed by atoms with van der Waals surface area (Å²) in [6.45, 7) is 6.84. The molecule has 0 radical (unpaired) electrons. The minimum atomic E-state index is -1.04. The summed E-state index contributed by atoms with van der Waals surface area (Å²) in [5.74, 6) is 0.198. The van der Waals surface area contributed by atoms with Crippen molar-refractivity contribution in [3.05, 3.63) is 36.5 Å². The van der Waals surface area contributed by atoms with Crippen molar-refractivity contribution < 1.29 is 24.2 Å². The van der Waals surface area contributed by atoms with Gasteiger partial charge < -0.3 is 19.5 Å². The molecule has 1 N–H and O–H groups in total. The zero-order valence-electron chi connectivity index (χ0n) is 17.2. The molecule has 29 heavy (non-hydrogen) atoms. The van der Waals surface area contributed by atoms with Gasteiger partial charge in [-0.05, 0) is 52.2 Å². The Morgan fingerprint density at radius 3 is 2.45 bits per heavy atom. The molecule has 2 aromatic rings. The highest BCUT2D eigenvalue weighted by molar-refractivity contribution is 5.82. The highest BCUT2D eigenvalue weighted by Gasteiger charge is 2.25. The third-order valence-electron chi connectivity index (χ3n) is 4.62. The minimum Gasteiger partial charge on any atom is -0.481 e. The first-order valence-electron chi connectivity index (χ1n) is 9.89. The summed E-state index contributed by atoms with van der Waals surface area (Å²) in [6.07, 6.45) is 4.64. The predicted octanol–water partition coefficient (Wildman–Crippen LogP) is 4.39. The van der Waals surface area contributed by atoms with Crippen molar-refractivity contribution in [3.63, 3.8) is 0 Å². The molecule has 1 aliphatic rings. The van der Waals surface area contributed by atoms with Crippen LogP contribution in [0, 0.1) is 0 Å². The Morgan fingerprint density at radius 2 is 1.79 bits per heavy atom. The molecular weight excluding hydrogens is 372 g/mol. The first-order valence-corrected chi connectivity index (χ1v) is 9.89. The van der Waals surface area contributed by atoms with Crippen molar-refractivity contribution >= 4 is 17.9 Å². The van der Waals surface area contributed by atoms with Gasteiger partial charge in [0.15, 0.2) is 6.61 Å². The fraction of sp³-hybridized carbons (Fsp3) is 0.455. The molecule has 1 aliphatic heterocycles. The van der Waals surface area contributed by atoms with Gasteiger partial charge in [-0.3, -0.25) is 0 Å². The number of aliphatic carboxylic acids is 1. The highest BCUT2D eigenvalue weighted by Crippen LogP contribution is 2.35. The Bertz CT molecular complexity index is 876. The van der Waals surface area contributed by atoms with Crippen LogP contribution in [0.15, 0.2) is 36.5 Å². The number of anilines is 1. The normalized spacial score (nSPS) is 14.5. The summed E-state index contributed by atoms with van der Waals surface area (Å²) < 4.78 is 12.6. The van der Waals surface area contributed by atoms with Crippen LogP contribution < -0.4 is 9.64 Å². The van der Waals surface area contributed by atoms with E-state index in [-0.39, 0.29) is 0 Å². The van der Waals surface area contributed by atoms with E-state index in [1.165, 1.54) is 6.42 Å². The average molecular weight is 400 g/mol. The van der Waals surface area contributed by atoms with Gasteiger partial charge in [-0.1, -0.05) is 18.2 Å². The lowest BCUT2D eigenvalue weighted by atomic mass is 10.1. The smallest absolute Gasteiger partial charge is 0.420 e. The van der Waals surface area contributed by atoms with Crippen molar-refractivity contribution in [2.45, 2.75) is 45.6 Å². The number of piperidine rings is 1. The maximum Gasteiger partial charge on any atom is 0.420 e. The molecule has 0 saturated carbocycles. The Balaban J connectivity index is 2.00. The van der Waals surface area contributed by atoms with E-state index in [1.807, 2.05) is 39.0 Å². The molecule has 7 heteroatoms. The second-order valence-electron chi connectivity index (χ2n) is 8.16. The first kappa shape index (κ1) is 20.8. The SMILES string of the molecule is CC(C)(C)OC(=O)n1cc(-c2ccccc2OCC(=O)O)cc1N1CCCCC1. The molecule has 1 aromatic carbocycles. The Labute approximate surface area is 170 Å². The molecule has 0 atom stereocenters. The maximum absolute atomic E-state index is 12.9. The third kappa shape index (κ3) is 5.31. The van der Waals surface area contributed by atoms with Crippen LogP contribution in [0.5, 0.6) is 5.75 Å². The molecule has 1 saturated heterocycles. The van der Waals surface area contributed by atoms with Gasteiger partial charge in [-0.15, -0.1) is 0 Å². The Kier molecular flexibility index (Phi) is 6.15. The molecule has 1 fully saturated rings. The number of aromatic nitrogens is 1. The zero-order valence-corrected chi connectivity index (χ0v) is 17.2. The van der Waals surface area contributed by atoms with Gasteiger partial charge in [0.05, 0.1) is 0 Å². The fourth-order valence-electron chi connectivity index (χ4n) is 3.39. The quantitative estimate of drug-likeness (QED) is 0.802. The molecule has 2 heterocycles. The molecule has 0 unspecified atom stereocenters. The van der Waals surface area contributed by atoms with Crippen molar-refractivity contribution in [1.82, 2.24) is 4.57 Å². The zero-order chi connectivity index (χ0) is 21.0. The highest BCUT2D eigenvalue weighted by atomic mass is 16.6. The number of carboxylic acids is 1. The van der Waals surface area contributed by atoms with Crippen LogP contribution in [0.25, 0.3) is 11.1 Å². The first-order chi connectivity index (χ1) is 13.7. The van der Waals surface area contributed by atoms with Crippen molar-refractivity contribution in [2.75, 3.05) is 24.6 Å². The standard InChI is InChI=1S/C22H28N2O5/c1-22(2,3)29-21(27)24-14-16(13-19(24)23-11-7-4-8-12-23)17-9-5-6-10-18(17)28-15-20(25)26/h5-6,9-10,13-14H,4,7-8,11-12,15H2,1-3H3,(H,25,26). The molecular formula is C22H28N2O5.